The zero-order chi connectivity index (χ0) is 20.0. The van der Waals surface area contributed by atoms with E-state index in [-0.39, 0.29) is 19.3 Å². The summed E-state index contributed by atoms with van der Waals surface area (Å²) in [7, 11) is 0. The highest BCUT2D eigenvalue weighted by Crippen LogP contribution is 2.55. The molecule has 0 unspecified atom stereocenters. The Balaban J connectivity index is 2.03. The molecule has 1 saturated carbocycles. The smallest absolute Gasteiger partial charge is 0.335 e. The third kappa shape index (κ3) is 3.98. The number of halogens is 9. The first-order valence-electron chi connectivity index (χ1n) is 7.93. The predicted molar refractivity (Wildman–Crippen MR) is 71.1 cm³/mol. The maximum absolute atomic E-state index is 13.0. The van der Waals surface area contributed by atoms with Crippen molar-refractivity contribution in [2.75, 3.05) is 13.1 Å². The van der Waals surface area contributed by atoms with Gasteiger partial charge in [-0.2, -0.15) is 39.5 Å². The second kappa shape index (κ2) is 6.66. The Morgan fingerprint density at radius 1 is 0.962 bits per heavy atom. The first-order chi connectivity index (χ1) is 11.7. The van der Waals surface area contributed by atoms with E-state index >= 15 is 0 Å². The molecule has 26 heavy (non-hydrogen) atoms. The van der Waals surface area contributed by atoms with Crippen molar-refractivity contribution in [2.24, 2.45) is 11.3 Å². The second-order valence-electron chi connectivity index (χ2n) is 6.80. The third-order valence-corrected chi connectivity index (χ3v) is 5.11. The van der Waals surface area contributed by atoms with Crippen LogP contribution >= 0.6 is 0 Å². The maximum atomic E-state index is 13.0. The van der Waals surface area contributed by atoms with Gasteiger partial charge in [0.2, 0.25) is 0 Å². The summed E-state index contributed by atoms with van der Waals surface area (Å²) in [5.74, 6) is -1.65. The van der Waals surface area contributed by atoms with Gasteiger partial charge < -0.3 is 10.2 Å². The quantitative estimate of drug-likeness (QED) is 0.640. The van der Waals surface area contributed by atoms with Crippen molar-refractivity contribution < 1.29 is 44.3 Å². The Morgan fingerprint density at radius 3 is 2.00 bits per heavy atom. The molecule has 2 aliphatic rings. The fraction of sp³-hybridized carbons (Fsp3) is 0.929. The van der Waals surface area contributed by atoms with Gasteiger partial charge in [-0.25, -0.2) is 4.79 Å². The molecule has 1 aliphatic carbocycles. The Hall–Kier alpha value is -1.36. The number of alkyl halides is 9. The zero-order valence-corrected chi connectivity index (χ0v) is 13.4. The van der Waals surface area contributed by atoms with E-state index in [1.165, 1.54) is 0 Å². The van der Waals surface area contributed by atoms with Crippen LogP contribution in [0, 0.1) is 11.3 Å². The van der Waals surface area contributed by atoms with Crippen LogP contribution in [0.4, 0.5) is 44.3 Å². The van der Waals surface area contributed by atoms with Crippen molar-refractivity contribution in [2.45, 2.75) is 56.7 Å². The van der Waals surface area contributed by atoms with Crippen LogP contribution in [0.5, 0.6) is 0 Å². The molecule has 0 aromatic heterocycles. The summed E-state index contributed by atoms with van der Waals surface area (Å²) < 4.78 is 116. The molecule has 1 N–H and O–H groups in total. The van der Waals surface area contributed by atoms with Gasteiger partial charge in [-0.1, -0.05) is 6.42 Å². The number of urea groups is 1. The van der Waals surface area contributed by atoms with Gasteiger partial charge in [0.05, 0.1) is 5.92 Å². The van der Waals surface area contributed by atoms with E-state index < -0.39 is 67.9 Å². The van der Waals surface area contributed by atoms with E-state index in [2.05, 4.69) is 5.32 Å². The monoisotopic (exact) mass is 400 g/mol. The van der Waals surface area contributed by atoms with Gasteiger partial charge in [-0.15, -0.1) is 0 Å². The summed E-state index contributed by atoms with van der Waals surface area (Å²) >= 11 is 0. The summed E-state index contributed by atoms with van der Waals surface area (Å²) in [5.41, 5.74) is -4.02. The molecule has 2 atom stereocenters. The number of hydrogen-bond acceptors (Lipinski definition) is 1. The van der Waals surface area contributed by atoms with Crippen LogP contribution in [0.15, 0.2) is 0 Å². The van der Waals surface area contributed by atoms with Crippen LogP contribution in [-0.4, -0.2) is 48.6 Å². The largest absolute Gasteiger partial charge is 0.404 e. The number of likely N-dealkylation sites (tertiary alicyclic amines) is 1. The molecule has 2 amide bonds. The first-order valence-corrected chi connectivity index (χ1v) is 7.93. The van der Waals surface area contributed by atoms with Crippen molar-refractivity contribution in [3.63, 3.8) is 0 Å². The standard InChI is InChI=1S/C14H17F9N2O/c15-12(16,17)8-2-1-3-9(6-8)24-10(26)25-5-4-11(7-25,13(18,19)20)14(21,22)23/h8-9H,1-7H2,(H,24,26)/t8-,9-/m1/s1. The number of carbonyl (C=O) groups excluding carboxylic acids is 1. The molecule has 1 heterocycles. The van der Waals surface area contributed by atoms with Crippen LogP contribution in [0.2, 0.25) is 0 Å². The lowest BCUT2D eigenvalue weighted by molar-refractivity contribution is -0.334. The van der Waals surface area contributed by atoms with Crippen LogP contribution in [0.1, 0.15) is 32.1 Å². The molecular weight excluding hydrogens is 383 g/mol. The molecular formula is C14H17F9N2O. The zero-order valence-electron chi connectivity index (χ0n) is 13.4. The fourth-order valence-corrected chi connectivity index (χ4v) is 3.49. The minimum atomic E-state index is -5.59. The molecule has 1 saturated heterocycles. The van der Waals surface area contributed by atoms with Crippen LogP contribution in [0.25, 0.3) is 0 Å². The number of nitrogens with one attached hydrogen (secondary N) is 1. The van der Waals surface area contributed by atoms with Gasteiger partial charge in [0.15, 0.2) is 5.41 Å². The van der Waals surface area contributed by atoms with E-state index in [0.29, 0.717) is 4.90 Å². The van der Waals surface area contributed by atoms with Crippen molar-refractivity contribution in [1.29, 1.82) is 0 Å². The third-order valence-electron chi connectivity index (χ3n) is 5.11. The minimum absolute atomic E-state index is 0.120. The molecule has 2 rings (SSSR count). The van der Waals surface area contributed by atoms with Gasteiger partial charge >= 0.3 is 24.6 Å². The molecule has 2 fully saturated rings. The summed E-state index contributed by atoms with van der Waals surface area (Å²) in [6.07, 6.45) is -17.2. The highest BCUT2D eigenvalue weighted by Gasteiger charge is 2.73. The SMILES string of the molecule is O=C(N[C@@H]1CCC[C@@H](C(F)(F)F)C1)N1CCC(C(F)(F)F)(C(F)(F)F)C1. The normalized spacial score (nSPS) is 27.5. The number of rotatable bonds is 1. The number of hydrogen-bond donors (Lipinski definition) is 1. The minimum Gasteiger partial charge on any atom is -0.335 e. The van der Waals surface area contributed by atoms with Crippen molar-refractivity contribution in [3.8, 4) is 0 Å². The molecule has 152 valence electrons. The van der Waals surface area contributed by atoms with Gasteiger partial charge in [-0.3, -0.25) is 0 Å². The molecule has 3 nitrogen and oxygen atoms in total. The van der Waals surface area contributed by atoms with E-state index in [9.17, 15) is 44.3 Å². The fourth-order valence-electron chi connectivity index (χ4n) is 3.49. The maximum Gasteiger partial charge on any atom is 0.404 e. The molecule has 0 spiro atoms. The Bertz CT molecular complexity index is 512. The van der Waals surface area contributed by atoms with Crippen molar-refractivity contribution in [3.05, 3.63) is 0 Å². The van der Waals surface area contributed by atoms with E-state index in [4.69, 9.17) is 0 Å². The Morgan fingerprint density at radius 2 is 1.54 bits per heavy atom. The average molecular weight is 400 g/mol. The van der Waals surface area contributed by atoms with Gasteiger partial charge in [0.25, 0.3) is 0 Å². The second-order valence-corrected chi connectivity index (χ2v) is 6.80. The molecule has 12 heteroatoms. The summed E-state index contributed by atoms with van der Waals surface area (Å²) in [6.45, 7) is -2.37. The van der Waals surface area contributed by atoms with E-state index in [1.807, 2.05) is 0 Å². The lowest BCUT2D eigenvalue weighted by Gasteiger charge is -2.34. The van der Waals surface area contributed by atoms with Gasteiger partial charge in [-0.05, 0) is 25.7 Å². The molecule has 0 bridgehead atoms. The molecule has 0 aromatic carbocycles. The lowest BCUT2D eigenvalue weighted by atomic mass is 9.85. The molecule has 1 aliphatic heterocycles. The number of nitrogens with zero attached hydrogens (tertiary/aromatic N) is 1. The Labute approximate surface area is 142 Å². The van der Waals surface area contributed by atoms with E-state index in [1.54, 1.807) is 0 Å². The van der Waals surface area contributed by atoms with Crippen LogP contribution in [-0.2, 0) is 0 Å². The highest BCUT2D eigenvalue weighted by molar-refractivity contribution is 5.75. The summed E-state index contributed by atoms with van der Waals surface area (Å²) in [5, 5.41) is 2.16. The summed E-state index contributed by atoms with van der Waals surface area (Å²) in [4.78, 5) is 12.4. The van der Waals surface area contributed by atoms with Crippen LogP contribution in [0.3, 0.4) is 0 Å². The Kier molecular flexibility index (Phi) is 5.37. The molecule has 0 aromatic rings. The highest BCUT2D eigenvalue weighted by atomic mass is 19.4. The topological polar surface area (TPSA) is 32.3 Å². The average Bonchev–Trinajstić information content (AvgIpc) is 2.92. The first kappa shape index (κ1) is 20.9. The molecule has 0 radical (unpaired) electrons. The van der Waals surface area contributed by atoms with Gasteiger partial charge in [0.1, 0.15) is 0 Å². The van der Waals surface area contributed by atoms with Crippen molar-refractivity contribution in [1.82, 2.24) is 10.2 Å². The van der Waals surface area contributed by atoms with E-state index in [0.717, 1.165) is 0 Å². The summed E-state index contributed by atoms with van der Waals surface area (Å²) in [6, 6.07) is -2.14. The predicted octanol–water partition coefficient (Wildman–Crippen LogP) is 4.63. The lowest BCUT2D eigenvalue weighted by Crippen LogP contribution is -2.53. The van der Waals surface area contributed by atoms with Crippen molar-refractivity contribution >= 4 is 6.03 Å². The number of amides is 2. The number of carbonyl (C=O) groups is 1. The van der Waals surface area contributed by atoms with Gasteiger partial charge in [0, 0.05) is 19.1 Å². The van der Waals surface area contributed by atoms with Crippen LogP contribution < -0.4 is 5.32 Å².